The molecule has 0 radical (unpaired) electrons. The lowest BCUT2D eigenvalue weighted by Gasteiger charge is -2.24. The van der Waals surface area contributed by atoms with Gasteiger partial charge in [0, 0.05) is 6.61 Å². The van der Waals surface area contributed by atoms with Crippen LogP contribution in [-0.4, -0.2) is 59.6 Å². The lowest BCUT2D eigenvalue weighted by Crippen LogP contribution is -2.42. The van der Waals surface area contributed by atoms with Gasteiger partial charge in [0.15, 0.2) is 0 Å². The molecule has 31 heavy (non-hydrogen) atoms. The molecule has 5 nitrogen and oxygen atoms in total. The Morgan fingerprint density at radius 3 is 1.81 bits per heavy atom. The van der Waals surface area contributed by atoms with Crippen LogP contribution in [0.1, 0.15) is 110 Å². The normalized spacial score (nSPS) is 22.5. The van der Waals surface area contributed by atoms with Gasteiger partial charge in [-0.1, -0.05) is 89.7 Å². The van der Waals surface area contributed by atoms with Gasteiger partial charge in [0.1, 0.15) is 24.4 Å². The Hall–Kier alpha value is -0.460. The van der Waals surface area contributed by atoms with E-state index in [0.717, 1.165) is 19.3 Å². The first-order valence-corrected chi connectivity index (χ1v) is 13.1. The summed E-state index contributed by atoms with van der Waals surface area (Å²) < 4.78 is 11.0. The van der Waals surface area contributed by atoms with E-state index >= 15 is 0 Å². The SMILES string of the molecule is CCCCCCCCCCCCCC/C=C/CCCCO[C@H](CO)[C@H]1OC[C@H](O)[C@H]1O. The highest BCUT2D eigenvalue weighted by Crippen LogP contribution is 2.20. The molecular weight excluding hydrogens is 392 g/mol. The predicted molar refractivity (Wildman–Crippen MR) is 127 cm³/mol. The van der Waals surface area contributed by atoms with E-state index in [1.807, 2.05) is 0 Å². The predicted octanol–water partition coefficient (Wildman–Crippen LogP) is 5.30. The van der Waals surface area contributed by atoms with E-state index in [0.29, 0.717) is 6.61 Å². The van der Waals surface area contributed by atoms with E-state index in [4.69, 9.17) is 9.47 Å². The quantitative estimate of drug-likeness (QED) is 0.166. The van der Waals surface area contributed by atoms with Gasteiger partial charge < -0.3 is 24.8 Å². The van der Waals surface area contributed by atoms with E-state index in [9.17, 15) is 15.3 Å². The number of unbranched alkanes of at least 4 members (excludes halogenated alkanes) is 14. The van der Waals surface area contributed by atoms with Crippen molar-refractivity contribution in [3.05, 3.63) is 12.2 Å². The summed E-state index contributed by atoms with van der Waals surface area (Å²) in [5, 5.41) is 28.8. The first-order chi connectivity index (χ1) is 15.2. The number of aliphatic hydroxyl groups is 3. The number of ether oxygens (including phenoxy) is 2. The summed E-state index contributed by atoms with van der Waals surface area (Å²) in [6.45, 7) is 2.68. The molecule has 1 aliphatic heterocycles. The summed E-state index contributed by atoms with van der Waals surface area (Å²) in [6.07, 6.45) is 22.4. The third-order valence-electron chi connectivity index (χ3n) is 6.22. The highest BCUT2D eigenvalue weighted by molar-refractivity contribution is 4.88. The molecule has 0 aromatic carbocycles. The fourth-order valence-electron chi connectivity index (χ4n) is 4.14. The zero-order chi connectivity index (χ0) is 22.6. The smallest absolute Gasteiger partial charge is 0.114 e. The van der Waals surface area contributed by atoms with Gasteiger partial charge in [0.2, 0.25) is 0 Å². The van der Waals surface area contributed by atoms with Crippen molar-refractivity contribution in [3.8, 4) is 0 Å². The Labute approximate surface area is 191 Å². The topological polar surface area (TPSA) is 79.2 Å². The van der Waals surface area contributed by atoms with E-state index in [2.05, 4.69) is 19.1 Å². The monoisotopic (exact) mass is 442 g/mol. The van der Waals surface area contributed by atoms with Gasteiger partial charge in [0.05, 0.1) is 13.2 Å². The summed E-state index contributed by atoms with van der Waals surface area (Å²) in [5.41, 5.74) is 0. The number of allylic oxidation sites excluding steroid dienone is 2. The standard InChI is InChI=1S/C26H50O5/c1-2-3-4-5-6-7-8-9-10-11-12-13-14-15-16-17-18-19-20-30-24(21-27)26-25(29)23(28)22-31-26/h15-16,23-29H,2-14,17-22H2,1H3/b16-15+/t23-,24+,25+,26+/m0/s1. The summed E-state index contributed by atoms with van der Waals surface area (Å²) in [4.78, 5) is 0. The fraction of sp³-hybridized carbons (Fsp3) is 0.923. The molecule has 1 heterocycles. The molecule has 5 heteroatoms. The Morgan fingerprint density at radius 1 is 0.806 bits per heavy atom. The van der Waals surface area contributed by atoms with Crippen LogP contribution in [0.15, 0.2) is 12.2 Å². The van der Waals surface area contributed by atoms with E-state index in [1.165, 1.54) is 83.5 Å². The molecule has 0 bridgehead atoms. The number of rotatable bonds is 21. The number of hydrogen-bond acceptors (Lipinski definition) is 5. The molecule has 0 saturated carbocycles. The summed E-state index contributed by atoms with van der Waals surface area (Å²) in [7, 11) is 0. The highest BCUT2D eigenvalue weighted by atomic mass is 16.6. The van der Waals surface area contributed by atoms with Gasteiger partial charge in [-0.3, -0.25) is 0 Å². The number of hydrogen-bond donors (Lipinski definition) is 3. The van der Waals surface area contributed by atoms with Crippen molar-refractivity contribution in [2.24, 2.45) is 0 Å². The van der Waals surface area contributed by atoms with Crippen molar-refractivity contribution in [3.63, 3.8) is 0 Å². The molecule has 1 rings (SSSR count). The van der Waals surface area contributed by atoms with Crippen LogP contribution in [0.25, 0.3) is 0 Å². The highest BCUT2D eigenvalue weighted by Gasteiger charge is 2.40. The average molecular weight is 443 g/mol. The van der Waals surface area contributed by atoms with Crippen LogP contribution in [0.4, 0.5) is 0 Å². The fourth-order valence-corrected chi connectivity index (χ4v) is 4.14. The van der Waals surface area contributed by atoms with Crippen LogP contribution in [0.2, 0.25) is 0 Å². The maximum atomic E-state index is 9.84. The molecule has 1 fully saturated rings. The Bertz CT molecular complexity index is 415. The molecule has 0 aliphatic carbocycles. The molecule has 0 unspecified atom stereocenters. The van der Waals surface area contributed by atoms with Crippen molar-refractivity contribution in [1.82, 2.24) is 0 Å². The van der Waals surface area contributed by atoms with Gasteiger partial charge in [0.25, 0.3) is 0 Å². The van der Waals surface area contributed by atoms with Gasteiger partial charge in [-0.15, -0.1) is 0 Å². The maximum absolute atomic E-state index is 9.84. The zero-order valence-electron chi connectivity index (χ0n) is 20.1. The third kappa shape index (κ3) is 14.3. The van der Waals surface area contributed by atoms with E-state index in [1.54, 1.807) is 0 Å². The minimum atomic E-state index is -0.986. The second kappa shape index (κ2) is 20.2. The summed E-state index contributed by atoms with van der Waals surface area (Å²) in [5.74, 6) is 0. The lowest BCUT2D eigenvalue weighted by molar-refractivity contribution is -0.101. The minimum Gasteiger partial charge on any atom is -0.394 e. The van der Waals surface area contributed by atoms with Crippen LogP contribution < -0.4 is 0 Å². The van der Waals surface area contributed by atoms with Crippen LogP contribution in [-0.2, 0) is 9.47 Å². The van der Waals surface area contributed by atoms with Crippen molar-refractivity contribution in [1.29, 1.82) is 0 Å². The third-order valence-corrected chi connectivity index (χ3v) is 6.22. The van der Waals surface area contributed by atoms with E-state index < -0.39 is 24.4 Å². The van der Waals surface area contributed by atoms with Crippen molar-refractivity contribution >= 4 is 0 Å². The average Bonchev–Trinajstić information content (AvgIpc) is 3.11. The Morgan fingerprint density at radius 2 is 1.32 bits per heavy atom. The van der Waals surface area contributed by atoms with Crippen LogP contribution in [0.5, 0.6) is 0 Å². The molecule has 0 amide bonds. The molecular formula is C26H50O5. The van der Waals surface area contributed by atoms with Gasteiger partial charge in [-0.05, 0) is 32.1 Å². The molecule has 3 N–H and O–H groups in total. The summed E-state index contributed by atoms with van der Waals surface area (Å²) >= 11 is 0. The Kier molecular flexibility index (Phi) is 18.6. The molecule has 4 atom stereocenters. The first-order valence-electron chi connectivity index (χ1n) is 13.1. The Balaban J connectivity index is 1.83. The van der Waals surface area contributed by atoms with E-state index in [-0.39, 0.29) is 13.2 Å². The lowest BCUT2D eigenvalue weighted by atomic mass is 10.0. The van der Waals surface area contributed by atoms with Crippen molar-refractivity contribution < 1.29 is 24.8 Å². The van der Waals surface area contributed by atoms with Gasteiger partial charge >= 0.3 is 0 Å². The molecule has 1 aliphatic rings. The molecule has 0 aromatic rings. The zero-order valence-corrected chi connectivity index (χ0v) is 20.1. The van der Waals surface area contributed by atoms with Crippen LogP contribution in [0, 0.1) is 0 Å². The van der Waals surface area contributed by atoms with Crippen LogP contribution in [0.3, 0.4) is 0 Å². The van der Waals surface area contributed by atoms with Crippen molar-refractivity contribution in [2.75, 3.05) is 19.8 Å². The van der Waals surface area contributed by atoms with Crippen LogP contribution >= 0.6 is 0 Å². The number of aliphatic hydroxyl groups excluding tert-OH is 3. The summed E-state index contributed by atoms with van der Waals surface area (Å²) in [6, 6.07) is 0. The largest absolute Gasteiger partial charge is 0.394 e. The van der Waals surface area contributed by atoms with Gasteiger partial charge in [-0.2, -0.15) is 0 Å². The van der Waals surface area contributed by atoms with Gasteiger partial charge in [-0.25, -0.2) is 0 Å². The van der Waals surface area contributed by atoms with Crippen molar-refractivity contribution in [2.45, 2.75) is 134 Å². The molecule has 184 valence electrons. The molecule has 1 saturated heterocycles. The second-order valence-corrected chi connectivity index (χ2v) is 9.09. The minimum absolute atomic E-state index is 0.0929. The first kappa shape index (κ1) is 28.6. The molecule has 0 aromatic heterocycles. The second-order valence-electron chi connectivity index (χ2n) is 9.09. The molecule has 0 spiro atoms. The maximum Gasteiger partial charge on any atom is 0.114 e.